The summed E-state index contributed by atoms with van der Waals surface area (Å²) in [5.74, 6) is 0.202. The molecule has 7 heteroatoms. The fourth-order valence-electron chi connectivity index (χ4n) is 2.14. The third-order valence-electron chi connectivity index (χ3n) is 3.33. The summed E-state index contributed by atoms with van der Waals surface area (Å²) >= 11 is 0. The highest BCUT2D eigenvalue weighted by Gasteiger charge is 2.05. The molecule has 0 spiro atoms. The number of aromatic nitrogens is 4. The van der Waals surface area contributed by atoms with Crippen molar-refractivity contribution >= 4 is 5.82 Å². The first-order valence-corrected chi connectivity index (χ1v) is 6.81. The molecule has 0 fully saturated rings. The Balaban J connectivity index is 1.82. The van der Waals surface area contributed by atoms with E-state index in [1.807, 2.05) is 24.3 Å². The Morgan fingerprint density at radius 2 is 1.82 bits per heavy atom. The van der Waals surface area contributed by atoms with Crippen molar-refractivity contribution in [3.63, 3.8) is 0 Å². The first-order valence-electron chi connectivity index (χ1n) is 6.81. The van der Waals surface area contributed by atoms with E-state index in [1.54, 1.807) is 29.3 Å². The predicted octanol–water partition coefficient (Wildman–Crippen LogP) is 0.518. The molecule has 7 nitrogen and oxygen atoms in total. The zero-order valence-electron chi connectivity index (χ0n) is 11.9. The minimum absolute atomic E-state index is 0.202. The molecule has 0 unspecified atom stereocenters. The van der Waals surface area contributed by atoms with Gasteiger partial charge in [-0.05, 0) is 17.2 Å². The average Bonchev–Trinajstić information content (AvgIpc) is 2.96. The van der Waals surface area contributed by atoms with Gasteiger partial charge in [0.15, 0.2) is 0 Å². The van der Waals surface area contributed by atoms with Crippen molar-refractivity contribution in [3.8, 4) is 5.69 Å². The zero-order chi connectivity index (χ0) is 15.5. The van der Waals surface area contributed by atoms with Crippen LogP contribution in [0.2, 0.25) is 0 Å². The molecule has 0 amide bonds. The van der Waals surface area contributed by atoms with E-state index in [4.69, 9.17) is 11.5 Å². The van der Waals surface area contributed by atoms with Crippen LogP contribution in [-0.2, 0) is 13.1 Å². The van der Waals surface area contributed by atoms with Crippen LogP contribution in [0.25, 0.3) is 5.69 Å². The van der Waals surface area contributed by atoms with Gasteiger partial charge in [-0.2, -0.15) is 10.1 Å². The van der Waals surface area contributed by atoms with Gasteiger partial charge in [-0.3, -0.25) is 9.25 Å². The maximum Gasteiger partial charge on any atom is 0.354 e. The van der Waals surface area contributed by atoms with Crippen LogP contribution in [0.5, 0.6) is 0 Å². The fraction of sp³-hybridized carbons (Fsp3) is 0.133. The van der Waals surface area contributed by atoms with Crippen molar-refractivity contribution in [2.24, 2.45) is 5.73 Å². The van der Waals surface area contributed by atoms with Crippen LogP contribution in [0.3, 0.4) is 0 Å². The smallest absolute Gasteiger partial charge is 0.354 e. The van der Waals surface area contributed by atoms with E-state index >= 15 is 0 Å². The normalized spacial score (nSPS) is 10.8. The molecule has 0 bridgehead atoms. The lowest BCUT2D eigenvalue weighted by molar-refractivity contribution is 0.686. The molecule has 0 aliphatic heterocycles. The largest absolute Gasteiger partial charge is 0.383 e. The SMILES string of the molecule is NCc1ccc(Cn2cc(-n3ccc(N)nc3=O)cn2)cc1. The summed E-state index contributed by atoms with van der Waals surface area (Å²) in [7, 11) is 0. The predicted molar refractivity (Wildman–Crippen MR) is 83.5 cm³/mol. The summed E-state index contributed by atoms with van der Waals surface area (Å²) in [6.07, 6.45) is 4.99. The summed E-state index contributed by atoms with van der Waals surface area (Å²) < 4.78 is 3.16. The van der Waals surface area contributed by atoms with E-state index in [0.717, 1.165) is 11.1 Å². The van der Waals surface area contributed by atoms with Crippen molar-refractivity contribution in [2.45, 2.75) is 13.1 Å². The van der Waals surface area contributed by atoms with Crippen molar-refractivity contribution < 1.29 is 0 Å². The summed E-state index contributed by atoms with van der Waals surface area (Å²) in [4.78, 5) is 15.5. The Labute approximate surface area is 126 Å². The Hall–Kier alpha value is -2.93. The second-order valence-electron chi connectivity index (χ2n) is 4.92. The van der Waals surface area contributed by atoms with Crippen molar-refractivity contribution in [2.75, 3.05) is 5.73 Å². The zero-order valence-corrected chi connectivity index (χ0v) is 11.9. The monoisotopic (exact) mass is 296 g/mol. The molecule has 3 aromatic rings. The Morgan fingerprint density at radius 1 is 1.09 bits per heavy atom. The maximum absolute atomic E-state index is 11.8. The van der Waals surface area contributed by atoms with Gasteiger partial charge in [0, 0.05) is 18.9 Å². The lowest BCUT2D eigenvalue weighted by Crippen LogP contribution is -2.21. The molecule has 112 valence electrons. The van der Waals surface area contributed by atoms with Gasteiger partial charge in [0.1, 0.15) is 5.82 Å². The molecule has 0 atom stereocenters. The molecular formula is C15H16N6O. The molecule has 4 N–H and O–H groups in total. The molecule has 2 aromatic heterocycles. The summed E-state index contributed by atoms with van der Waals surface area (Å²) in [5.41, 5.74) is 13.5. The van der Waals surface area contributed by atoms with Gasteiger partial charge in [-0.15, -0.1) is 0 Å². The van der Waals surface area contributed by atoms with Gasteiger partial charge >= 0.3 is 5.69 Å². The van der Waals surface area contributed by atoms with E-state index in [1.165, 1.54) is 4.57 Å². The first kappa shape index (κ1) is 14.0. The minimum Gasteiger partial charge on any atom is -0.383 e. The van der Waals surface area contributed by atoms with Crippen LogP contribution >= 0.6 is 0 Å². The van der Waals surface area contributed by atoms with E-state index in [0.29, 0.717) is 18.8 Å². The quantitative estimate of drug-likeness (QED) is 0.730. The highest BCUT2D eigenvalue weighted by atomic mass is 16.1. The standard InChI is InChI=1S/C15H16N6O/c16-7-11-1-3-12(4-2-11)9-20-10-13(8-18-20)21-6-5-14(17)19-15(21)22/h1-6,8,10H,7,9,16H2,(H2,17,19,22). The molecule has 0 aliphatic carbocycles. The van der Waals surface area contributed by atoms with Crippen LogP contribution in [0, 0.1) is 0 Å². The second-order valence-corrected chi connectivity index (χ2v) is 4.92. The van der Waals surface area contributed by atoms with Crippen LogP contribution < -0.4 is 17.2 Å². The van der Waals surface area contributed by atoms with E-state index < -0.39 is 5.69 Å². The minimum atomic E-state index is -0.424. The van der Waals surface area contributed by atoms with E-state index in [9.17, 15) is 4.79 Å². The van der Waals surface area contributed by atoms with Crippen LogP contribution in [0.15, 0.2) is 53.7 Å². The summed E-state index contributed by atoms with van der Waals surface area (Å²) in [5, 5.41) is 4.27. The fourth-order valence-corrected chi connectivity index (χ4v) is 2.14. The Kier molecular flexibility index (Phi) is 3.71. The van der Waals surface area contributed by atoms with Crippen LogP contribution in [0.4, 0.5) is 5.82 Å². The number of nitrogens with two attached hydrogens (primary N) is 2. The highest BCUT2D eigenvalue weighted by molar-refractivity contribution is 5.31. The van der Waals surface area contributed by atoms with E-state index in [2.05, 4.69) is 10.1 Å². The summed E-state index contributed by atoms with van der Waals surface area (Å²) in [6, 6.07) is 9.59. The van der Waals surface area contributed by atoms with Gasteiger partial charge in [0.2, 0.25) is 0 Å². The molecule has 0 aliphatic rings. The van der Waals surface area contributed by atoms with Gasteiger partial charge in [0.05, 0.1) is 18.4 Å². The maximum atomic E-state index is 11.8. The van der Waals surface area contributed by atoms with Crippen LogP contribution in [0.1, 0.15) is 11.1 Å². The van der Waals surface area contributed by atoms with Crippen LogP contribution in [-0.4, -0.2) is 19.3 Å². The van der Waals surface area contributed by atoms with Crippen molar-refractivity contribution in [3.05, 3.63) is 70.5 Å². The third-order valence-corrected chi connectivity index (χ3v) is 3.33. The molecule has 2 heterocycles. The molecule has 1 aromatic carbocycles. The average molecular weight is 296 g/mol. The number of anilines is 1. The molecule has 0 saturated carbocycles. The number of hydrogen-bond acceptors (Lipinski definition) is 5. The topological polar surface area (TPSA) is 105 Å². The van der Waals surface area contributed by atoms with E-state index in [-0.39, 0.29) is 5.82 Å². The van der Waals surface area contributed by atoms with Gasteiger partial charge < -0.3 is 11.5 Å². The Bertz CT molecular complexity index is 834. The number of benzene rings is 1. The number of nitrogens with zero attached hydrogens (tertiary/aromatic N) is 4. The number of nitrogen functional groups attached to an aromatic ring is 1. The van der Waals surface area contributed by atoms with Crippen molar-refractivity contribution in [1.29, 1.82) is 0 Å². The molecule has 0 saturated heterocycles. The molecular weight excluding hydrogens is 280 g/mol. The molecule has 0 radical (unpaired) electrons. The van der Waals surface area contributed by atoms with Gasteiger partial charge in [-0.25, -0.2) is 4.79 Å². The highest BCUT2D eigenvalue weighted by Crippen LogP contribution is 2.08. The second kappa shape index (κ2) is 5.82. The van der Waals surface area contributed by atoms with Gasteiger partial charge in [-0.1, -0.05) is 24.3 Å². The molecule has 22 heavy (non-hydrogen) atoms. The number of rotatable bonds is 4. The third kappa shape index (κ3) is 2.89. The Morgan fingerprint density at radius 3 is 2.50 bits per heavy atom. The van der Waals surface area contributed by atoms with Crippen molar-refractivity contribution in [1.82, 2.24) is 19.3 Å². The molecule has 3 rings (SSSR count). The lowest BCUT2D eigenvalue weighted by atomic mass is 10.1. The number of hydrogen-bond donors (Lipinski definition) is 2. The summed E-state index contributed by atoms with van der Waals surface area (Å²) in [6.45, 7) is 1.14. The first-order chi connectivity index (χ1) is 10.7. The van der Waals surface area contributed by atoms with Gasteiger partial charge in [0.25, 0.3) is 0 Å². The lowest BCUT2D eigenvalue weighted by Gasteiger charge is -2.03.